The summed E-state index contributed by atoms with van der Waals surface area (Å²) in [6.07, 6.45) is 4.87. The van der Waals surface area contributed by atoms with Gasteiger partial charge < -0.3 is 19.8 Å². The van der Waals surface area contributed by atoms with Gasteiger partial charge in [0.25, 0.3) is 5.78 Å². The first-order chi connectivity index (χ1) is 16.8. The van der Waals surface area contributed by atoms with Gasteiger partial charge in [-0.3, -0.25) is 4.79 Å². The molecule has 2 aliphatic rings. The number of carbonyl (C=O) groups is 2. The van der Waals surface area contributed by atoms with Crippen molar-refractivity contribution in [2.75, 3.05) is 24.6 Å². The van der Waals surface area contributed by atoms with E-state index in [0.717, 1.165) is 25.7 Å². The van der Waals surface area contributed by atoms with E-state index in [1.54, 1.807) is 18.2 Å². The Bertz CT molecular complexity index is 1120. The number of aliphatic hydroxyl groups is 1. The van der Waals surface area contributed by atoms with Gasteiger partial charge in [0.2, 0.25) is 0 Å². The number of halogens is 1. The summed E-state index contributed by atoms with van der Waals surface area (Å²) >= 11 is 6.30. The molecule has 2 N–H and O–H groups in total. The van der Waals surface area contributed by atoms with Gasteiger partial charge in [0.15, 0.2) is 0 Å². The number of carbonyl (C=O) groups excluding carboxylic acids is 1. The minimum atomic E-state index is -1.48. The molecule has 0 spiro atoms. The molecule has 2 aromatic rings. The Hall–Kier alpha value is -2.83. The second kappa shape index (κ2) is 10.8. The summed E-state index contributed by atoms with van der Waals surface area (Å²) in [5.41, 5.74) is 3.22. The number of anilines is 1. The van der Waals surface area contributed by atoms with Crippen molar-refractivity contribution in [2.24, 2.45) is 11.8 Å². The first-order valence-electron chi connectivity index (χ1n) is 12.2. The molecule has 0 saturated heterocycles. The van der Waals surface area contributed by atoms with E-state index in [4.69, 9.17) is 16.3 Å². The normalized spacial score (nSPS) is 22.3. The Morgan fingerprint density at radius 1 is 1.26 bits per heavy atom. The zero-order chi connectivity index (χ0) is 25.1. The topological polar surface area (TPSA) is 87.1 Å². The number of ether oxygens (including phenoxy) is 1. The molecule has 4 unspecified atom stereocenters. The zero-order valence-corrected chi connectivity index (χ0v) is 20.7. The van der Waals surface area contributed by atoms with E-state index in [1.165, 1.54) is 17.2 Å². The number of aryl methyl sites for hydroxylation is 1. The number of Topliss-reactive ketones (excluding diaryl/α,β-unsaturated/α-hetero) is 1. The number of rotatable bonds is 9. The van der Waals surface area contributed by atoms with Crippen molar-refractivity contribution in [3.05, 3.63) is 70.8 Å². The number of carboxylic acids is 1. The van der Waals surface area contributed by atoms with Crippen LogP contribution in [0.4, 0.5) is 5.69 Å². The number of carboxylic acid groups (broad SMARTS) is 1. The largest absolute Gasteiger partial charge is 0.491 e. The van der Waals surface area contributed by atoms with Crippen molar-refractivity contribution in [1.29, 1.82) is 0 Å². The standard InChI is InChI=1S/C28H32ClNO5/c1-3-5-17-12-21(29)8-10-22(17)20-15-30(14-19-6-9-23(19)25(31)4-2)24-13-18(27(32)28(33)34)7-11-26(24)35-16-20/h4,7-8,10-13,19-20,23,25,31H,2-3,5-6,9,14-16H2,1H3,(H,33,34). The summed E-state index contributed by atoms with van der Waals surface area (Å²) in [4.78, 5) is 25.7. The number of hydrogen-bond acceptors (Lipinski definition) is 5. The molecule has 1 aliphatic heterocycles. The van der Waals surface area contributed by atoms with Gasteiger partial charge in [-0.05, 0) is 72.6 Å². The highest BCUT2D eigenvalue weighted by Crippen LogP contribution is 2.42. The Morgan fingerprint density at radius 3 is 2.71 bits per heavy atom. The van der Waals surface area contributed by atoms with Crippen LogP contribution in [0, 0.1) is 11.8 Å². The number of aliphatic carboxylic acids is 1. The van der Waals surface area contributed by atoms with Crippen molar-refractivity contribution in [3.63, 3.8) is 0 Å². The van der Waals surface area contributed by atoms with E-state index in [1.807, 2.05) is 12.1 Å². The maximum Gasteiger partial charge on any atom is 0.377 e. The Morgan fingerprint density at radius 2 is 2.06 bits per heavy atom. The minimum absolute atomic E-state index is 0.0581. The van der Waals surface area contributed by atoms with Crippen molar-refractivity contribution in [2.45, 2.75) is 44.6 Å². The van der Waals surface area contributed by atoms with Crippen molar-refractivity contribution < 1.29 is 24.5 Å². The van der Waals surface area contributed by atoms with Crippen LogP contribution in [-0.2, 0) is 11.2 Å². The zero-order valence-electron chi connectivity index (χ0n) is 20.0. The molecule has 0 amide bonds. The number of aliphatic hydroxyl groups excluding tert-OH is 1. The van der Waals surface area contributed by atoms with Crippen LogP contribution in [0.3, 0.4) is 0 Å². The Labute approximate surface area is 211 Å². The summed E-state index contributed by atoms with van der Waals surface area (Å²) in [6, 6.07) is 10.8. The predicted molar refractivity (Wildman–Crippen MR) is 137 cm³/mol. The highest BCUT2D eigenvalue weighted by Gasteiger charge is 2.38. The van der Waals surface area contributed by atoms with Crippen LogP contribution in [0.5, 0.6) is 5.75 Å². The highest BCUT2D eigenvalue weighted by atomic mass is 35.5. The van der Waals surface area contributed by atoms with Crippen LogP contribution in [0.25, 0.3) is 0 Å². The molecule has 1 fully saturated rings. The molecule has 4 atom stereocenters. The van der Waals surface area contributed by atoms with Crippen molar-refractivity contribution in [1.82, 2.24) is 0 Å². The second-order valence-electron chi connectivity index (χ2n) is 9.55. The van der Waals surface area contributed by atoms with Gasteiger partial charge in [-0.25, -0.2) is 4.79 Å². The molecule has 1 aliphatic carbocycles. The summed E-state index contributed by atoms with van der Waals surface area (Å²) in [7, 11) is 0. The number of fused-ring (bicyclic) bond motifs is 1. The van der Waals surface area contributed by atoms with Crippen molar-refractivity contribution >= 4 is 29.0 Å². The predicted octanol–water partition coefficient (Wildman–Crippen LogP) is 5.12. The maximum atomic E-state index is 12.2. The van der Waals surface area contributed by atoms with Crippen LogP contribution >= 0.6 is 11.6 Å². The van der Waals surface area contributed by atoms with Gasteiger partial charge in [-0.2, -0.15) is 0 Å². The lowest BCUT2D eigenvalue weighted by Gasteiger charge is -2.42. The smallest absolute Gasteiger partial charge is 0.377 e. The Balaban J connectivity index is 1.70. The van der Waals surface area contributed by atoms with E-state index in [2.05, 4.69) is 24.5 Å². The molecule has 186 valence electrons. The quantitative estimate of drug-likeness (QED) is 0.284. The highest BCUT2D eigenvalue weighted by molar-refractivity contribution is 6.40. The Kier molecular flexibility index (Phi) is 7.82. The molecule has 0 aromatic heterocycles. The molecular formula is C28H32ClNO5. The number of hydrogen-bond donors (Lipinski definition) is 2. The van der Waals surface area contributed by atoms with Crippen molar-refractivity contribution in [3.8, 4) is 5.75 Å². The van der Waals surface area contributed by atoms with Crippen LogP contribution in [0.2, 0.25) is 5.02 Å². The first-order valence-corrected chi connectivity index (χ1v) is 12.6. The molecule has 2 aromatic carbocycles. The molecule has 35 heavy (non-hydrogen) atoms. The van der Waals surface area contributed by atoms with Crippen LogP contribution in [-0.4, -0.2) is 47.8 Å². The average molecular weight is 498 g/mol. The summed E-state index contributed by atoms with van der Waals surface area (Å²) in [6.45, 7) is 7.65. The van der Waals surface area contributed by atoms with Crippen LogP contribution in [0.1, 0.15) is 53.6 Å². The fourth-order valence-electron chi connectivity index (χ4n) is 5.31. The van der Waals surface area contributed by atoms with Gasteiger partial charge in [-0.15, -0.1) is 6.58 Å². The van der Waals surface area contributed by atoms with Gasteiger partial charge in [-0.1, -0.05) is 37.1 Å². The third kappa shape index (κ3) is 5.39. The average Bonchev–Trinajstić information content (AvgIpc) is 3.00. The van der Waals surface area contributed by atoms with Gasteiger partial charge in [0, 0.05) is 29.6 Å². The van der Waals surface area contributed by atoms with Gasteiger partial charge >= 0.3 is 5.97 Å². The van der Waals surface area contributed by atoms with Gasteiger partial charge in [0.05, 0.1) is 18.4 Å². The minimum Gasteiger partial charge on any atom is -0.491 e. The van der Waals surface area contributed by atoms with E-state index in [9.17, 15) is 19.8 Å². The molecule has 1 saturated carbocycles. The molecule has 4 rings (SSSR count). The third-order valence-corrected chi connectivity index (χ3v) is 7.55. The lowest BCUT2D eigenvalue weighted by Crippen LogP contribution is -2.43. The van der Waals surface area contributed by atoms with E-state index < -0.39 is 17.9 Å². The third-order valence-electron chi connectivity index (χ3n) is 7.31. The molecular weight excluding hydrogens is 466 g/mol. The molecule has 0 bridgehead atoms. The van der Waals surface area contributed by atoms with Crippen LogP contribution < -0.4 is 9.64 Å². The lowest BCUT2D eigenvalue weighted by molar-refractivity contribution is -0.131. The number of ketones is 1. The SMILES string of the molecule is C=CC(O)C1CCC1CN1CC(c2ccc(Cl)cc2CCC)COc2ccc(C(=O)C(=O)O)cc21. The van der Waals surface area contributed by atoms with E-state index in [0.29, 0.717) is 36.2 Å². The summed E-state index contributed by atoms with van der Waals surface area (Å²) in [5, 5.41) is 20.3. The molecule has 7 heteroatoms. The summed E-state index contributed by atoms with van der Waals surface area (Å²) in [5.74, 6) is -1.35. The molecule has 1 heterocycles. The second-order valence-corrected chi connectivity index (χ2v) is 9.99. The number of benzene rings is 2. The molecule has 0 radical (unpaired) electrons. The first kappa shape index (κ1) is 25.3. The summed E-state index contributed by atoms with van der Waals surface area (Å²) < 4.78 is 6.23. The van der Waals surface area contributed by atoms with E-state index in [-0.39, 0.29) is 23.3 Å². The van der Waals surface area contributed by atoms with Crippen LogP contribution in [0.15, 0.2) is 49.1 Å². The monoisotopic (exact) mass is 497 g/mol. The lowest BCUT2D eigenvalue weighted by atomic mass is 9.70. The number of nitrogens with zero attached hydrogens (tertiary/aromatic N) is 1. The fourth-order valence-corrected chi connectivity index (χ4v) is 5.50. The molecule has 6 nitrogen and oxygen atoms in total. The fraction of sp³-hybridized carbons (Fsp3) is 0.429. The van der Waals surface area contributed by atoms with E-state index >= 15 is 0 Å². The maximum absolute atomic E-state index is 12.2. The van der Waals surface area contributed by atoms with Gasteiger partial charge in [0.1, 0.15) is 5.75 Å².